The average Bonchev–Trinajstić information content (AvgIpc) is 2.41. The Labute approximate surface area is 130 Å². The van der Waals surface area contributed by atoms with E-state index in [1.165, 1.54) is 11.1 Å². The van der Waals surface area contributed by atoms with Crippen LogP contribution < -0.4 is 4.74 Å². The lowest BCUT2D eigenvalue weighted by molar-refractivity contribution is 0.156. The third-order valence-corrected chi connectivity index (χ3v) is 5.08. The summed E-state index contributed by atoms with van der Waals surface area (Å²) in [5.74, 6) is 1.88. The highest BCUT2D eigenvalue weighted by Gasteiger charge is 2.25. The molecule has 0 aromatic heterocycles. The Bertz CT molecular complexity index is 419. The largest absolute Gasteiger partial charge is 0.493 e. The van der Waals surface area contributed by atoms with Crippen LogP contribution in [-0.4, -0.2) is 12.4 Å². The molecule has 114 valence electrons. The van der Waals surface area contributed by atoms with Gasteiger partial charge < -0.3 is 4.74 Å². The zero-order valence-electron chi connectivity index (χ0n) is 13.9. The lowest BCUT2D eigenvalue weighted by Crippen LogP contribution is -2.29. The van der Waals surface area contributed by atoms with Crippen LogP contribution in [0.1, 0.15) is 58.6 Å². The highest BCUT2D eigenvalue weighted by atomic mass is 32.1. The van der Waals surface area contributed by atoms with Gasteiger partial charge in [0.1, 0.15) is 5.75 Å². The first-order valence-corrected chi connectivity index (χ1v) is 8.26. The quantitative estimate of drug-likeness (QED) is 0.690. The van der Waals surface area contributed by atoms with Crippen molar-refractivity contribution in [2.24, 2.45) is 5.41 Å². The fourth-order valence-corrected chi connectivity index (χ4v) is 2.77. The van der Waals surface area contributed by atoms with Crippen LogP contribution >= 0.6 is 12.6 Å². The maximum absolute atomic E-state index is 6.09. The van der Waals surface area contributed by atoms with E-state index in [-0.39, 0.29) is 10.8 Å². The fourth-order valence-electron chi connectivity index (χ4n) is 2.23. The van der Waals surface area contributed by atoms with E-state index in [0.717, 1.165) is 31.0 Å². The molecule has 2 heteroatoms. The van der Waals surface area contributed by atoms with Gasteiger partial charge in [-0.1, -0.05) is 46.8 Å². The smallest absolute Gasteiger partial charge is 0.122 e. The third kappa shape index (κ3) is 4.18. The van der Waals surface area contributed by atoms with Crippen LogP contribution in [0.2, 0.25) is 0 Å². The maximum Gasteiger partial charge on any atom is 0.122 e. The molecule has 0 saturated heterocycles. The van der Waals surface area contributed by atoms with Crippen molar-refractivity contribution in [1.29, 1.82) is 0 Å². The number of hydrogen-bond donors (Lipinski definition) is 1. The van der Waals surface area contributed by atoms with E-state index in [4.69, 9.17) is 4.74 Å². The Hall–Kier alpha value is -0.630. The van der Waals surface area contributed by atoms with Gasteiger partial charge >= 0.3 is 0 Å². The molecule has 0 aliphatic carbocycles. The molecule has 0 unspecified atom stereocenters. The Morgan fingerprint density at radius 1 is 1.10 bits per heavy atom. The minimum atomic E-state index is 0.185. The summed E-state index contributed by atoms with van der Waals surface area (Å²) < 4.78 is 6.09. The zero-order valence-corrected chi connectivity index (χ0v) is 14.8. The van der Waals surface area contributed by atoms with Gasteiger partial charge in [0.25, 0.3) is 0 Å². The topological polar surface area (TPSA) is 9.23 Å². The van der Waals surface area contributed by atoms with Crippen LogP contribution in [0, 0.1) is 12.3 Å². The second kappa shape index (κ2) is 6.89. The lowest BCUT2D eigenvalue weighted by Gasteiger charge is -2.30. The molecule has 0 fully saturated rings. The van der Waals surface area contributed by atoms with Gasteiger partial charge in [0.2, 0.25) is 0 Å². The Balaban J connectivity index is 2.84. The van der Waals surface area contributed by atoms with E-state index in [0.29, 0.717) is 0 Å². The summed E-state index contributed by atoms with van der Waals surface area (Å²) in [6.07, 6.45) is 2.21. The molecule has 1 aromatic carbocycles. The summed E-state index contributed by atoms with van der Waals surface area (Å²) in [7, 11) is 0. The van der Waals surface area contributed by atoms with Crippen molar-refractivity contribution in [3.05, 3.63) is 29.3 Å². The van der Waals surface area contributed by atoms with Crippen LogP contribution in [0.15, 0.2) is 18.2 Å². The lowest BCUT2D eigenvalue weighted by atomic mass is 9.85. The molecule has 0 aliphatic rings. The summed E-state index contributed by atoms with van der Waals surface area (Å²) >= 11 is 4.51. The SMILES string of the molecule is CCC(CC)(CS)COc1ccc(C(C)(C)C)cc1C. The standard InChI is InChI=1S/C18H30OS/c1-7-18(8-2,13-20)12-19-16-10-9-15(11-14(16)3)17(4,5)6/h9-11,20H,7-8,12-13H2,1-6H3. The molecule has 0 heterocycles. The average molecular weight is 295 g/mol. The minimum absolute atomic E-state index is 0.185. The molecule has 0 radical (unpaired) electrons. The Morgan fingerprint density at radius 3 is 2.10 bits per heavy atom. The van der Waals surface area contributed by atoms with E-state index in [9.17, 15) is 0 Å². The molecular formula is C18H30OS. The van der Waals surface area contributed by atoms with Gasteiger partial charge in [0, 0.05) is 5.41 Å². The first-order valence-electron chi connectivity index (χ1n) is 7.63. The highest BCUT2D eigenvalue weighted by Crippen LogP contribution is 2.31. The minimum Gasteiger partial charge on any atom is -0.493 e. The second-order valence-electron chi connectivity index (χ2n) is 6.88. The molecule has 1 nitrogen and oxygen atoms in total. The summed E-state index contributed by atoms with van der Waals surface area (Å²) in [5.41, 5.74) is 2.95. The summed E-state index contributed by atoms with van der Waals surface area (Å²) in [5, 5.41) is 0. The van der Waals surface area contributed by atoms with Crippen molar-refractivity contribution in [2.75, 3.05) is 12.4 Å². The van der Waals surface area contributed by atoms with Crippen molar-refractivity contribution in [2.45, 2.75) is 59.8 Å². The summed E-state index contributed by atoms with van der Waals surface area (Å²) in [6.45, 7) is 14.0. The van der Waals surface area contributed by atoms with Crippen molar-refractivity contribution in [3.8, 4) is 5.75 Å². The molecule has 0 bridgehead atoms. The molecule has 0 spiro atoms. The normalized spacial score (nSPS) is 12.6. The van der Waals surface area contributed by atoms with E-state index < -0.39 is 0 Å². The van der Waals surface area contributed by atoms with Gasteiger partial charge in [-0.25, -0.2) is 0 Å². The van der Waals surface area contributed by atoms with Gasteiger partial charge in [-0.3, -0.25) is 0 Å². The molecule has 0 saturated carbocycles. The summed E-state index contributed by atoms with van der Waals surface area (Å²) in [6, 6.07) is 6.54. The van der Waals surface area contributed by atoms with Crippen LogP contribution in [0.25, 0.3) is 0 Å². The van der Waals surface area contributed by atoms with Crippen molar-refractivity contribution in [3.63, 3.8) is 0 Å². The van der Waals surface area contributed by atoms with Crippen molar-refractivity contribution < 1.29 is 4.74 Å². The van der Waals surface area contributed by atoms with E-state index in [2.05, 4.69) is 72.4 Å². The molecule has 20 heavy (non-hydrogen) atoms. The molecule has 1 rings (SSSR count). The molecular weight excluding hydrogens is 264 g/mol. The molecule has 0 aliphatic heterocycles. The molecule has 0 amide bonds. The highest BCUT2D eigenvalue weighted by molar-refractivity contribution is 7.80. The van der Waals surface area contributed by atoms with Gasteiger partial charge in [-0.15, -0.1) is 0 Å². The number of hydrogen-bond acceptors (Lipinski definition) is 2. The Morgan fingerprint density at radius 2 is 1.70 bits per heavy atom. The number of rotatable bonds is 6. The zero-order chi connectivity index (χ0) is 15.4. The van der Waals surface area contributed by atoms with Crippen LogP contribution in [-0.2, 0) is 5.41 Å². The third-order valence-electron chi connectivity index (χ3n) is 4.41. The van der Waals surface area contributed by atoms with E-state index >= 15 is 0 Å². The van der Waals surface area contributed by atoms with Crippen molar-refractivity contribution >= 4 is 12.6 Å². The van der Waals surface area contributed by atoms with Gasteiger partial charge in [0.15, 0.2) is 0 Å². The predicted molar refractivity (Wildman–Crippen MR) is 92.2 cm³/mol. The van der Waals surface area contributed by atoms with Crippen molar-refractivity contribution in [1.82, 2.24) is 0 Å². The number of ether oxygens (including phenoxy) is 1. The predicted octanol–water partition coefficient (Wildman–Crippen LogP) is 5.41. The van der Waals surface area contributed by atoms with Gasteiger partial charge in [-0.05, 0) is 48.1 Å². The first-order chi connectivity index (χ1) is 9.28. The van der Waals surface area contributed by atoms with Gasteiger partial charge in [-0.2, -0.15) is 12.6 Å². The van der Waals surface area contributed by atoms with E-state index in [1.54, 1.807) is 0 Å². The number of thiol groups is 1. The molecule has 1 aromatic rings. The monoisotopic (exact) mass is 294 g/mol. The Kier molecular flexibility index (Phi) is 6.00. The van der Waals surface area contributed by atoms with E-state index in [1.807, 2.05) is 0 Å². The molecule has 0 N–H and O–H groups in total. The second-order valence-corrected chi connectivity index (χ2v) is 7.20. The number of aryl methyl sites for hydroxylation is 1. The molecule has 0 atom stereocenters. The van der Waals surface area contributed by atoms with Crippen LogP contribution in [0.3, 0.4) is 0 Å². The maximum atomic E-state index is 6.09. The first kappa shape index (κ1) is 17.4. The van der Waals surface area contributed by atoms with Crippen LogP contribution in [0.4, 0.5) is 0 Å². The number of benzene rings is 1. The fraction of sp³-hybridized carbons (Fsp3) is 0.667. The van der Waals surface area contributed by atoms with Gasteiger partial charge in [0.05, 0.1) is 6.61 Å². The summed E-state index contributed by atoms with van der Waals surface area (Å²) in [4.78, 5) is 0. The van der Waals surface area contributed by atoms with Crippen LogP contribution in [0.5, 0.6) is 5.75 Å².